The molecular weight excluding hydrogens is 230 g/mol. The summed E-state index contributed by atoms with van der Waals surface area (Å²) in [7, 11) is 3.71. The molecule has 1 fully saturated rings. The number of ether oxygens (including phenoxy) is 1. The number of aromatic nitrogens is 2. The quantitative estimate of drug-likeness (QED) is 0.606. The minimum atomic E-state index is 0.390. The average molecular weight is 251 g/mol. The fourth-order valence-corrected chi connectivity index (χ4v) is 2.41. The Morgan fingerprint density at radius 1 is 1.44 bits per heavy atom. The zero-order valence-electron chi connectivity index (χ0n) is 11.0. The lowest BCUT2D eigenvalue weighted by Gasteiger charge is -2.26. The fourth-order valence-electron chi connectivity index (χ4n) is 2.41. The maximum absolute atomic E-state index is 5.44. The number of nitrogens with two attached hydrogens (primary N) is 1. The molecule has 0 bridgehead atoms. The van der Waals surface area contributed by atoms with Gasteiger partial charge in [0, 0.05) is 26.3 Å². The Kier molecular flexibility index (Phi) is 4.33. The molecule has 100 valence electrons. The van der Waals surface area contributed by atoms with E-state index >= 15 is 0 Å². The largest absolute Gasteiger partial charge is 0.377 e. The van der Waals surface area contributed by atoms with Gasteiger partial charge in [-0.05, 0) is 12.8 Å². The summed E-state index contributed by atoms with van der Waals surface area (Å²) in [6.45, 7) is 0.390. The van der Waals surface area contributed by atoms with Gasteiger partial charge < -0.3 is 15.1 Å². The van der Waals surface area contributed by atoms with Crippen LogP contribution in [0.2, 0.25) is 0 Å². The molecule has 0 radical (unpaired) electrons. The third kappa shape index (κ3) is 2.88. The second-order valence-electron chi connectivity index (χ2n) is 4.65. The van der Waals surface area contributed by atoms with Crippen molar-refractivity contribution in [3.05, 3.63) is 11.9 Å². The number of methoxy groups -OCH3 is 1. The van der Waals surface area contributed by atoms with E-state index in [9.17, 15) is 0 Å². The van der Waals surface area contributed by atoms with Crippen molar-refractivity contribution in [1.82, 2.24) is 9.97 Å². The SMILES string of the molecule is COCc1nc(NN)cc(N(C)C2CCCC2)n1. The highest BCUT2D eigenvalue weighted by atomic mass is 16.5. The summed E-state index contributed by atoms with van der Waals surface area (Å²) in [5.74, 6) is 7.61. The first kappa shape index (κ1) is 13.0. The number of hydrogen-bond acceptors (Lipinski definition) is 6. The minimum absolute atomic E-state index is 0.390. The molecule has 1 aromatic heterocycles. The molecule has 6 nitrogen and oxygen atoms in total. The molecule has 0 spiro atoms. The summed E-state index contributed by atoms with van der Waals surface area (Å²) < 4.78 is 5.08. The van der Waals surface area contributed by atoms with E-state index in [1.807, 2.05) is 6.07 Å². The number of hydrogen-bond donors (Lipinski definition) is 2. The van der Waals surface area contributed by atoms with Gasteiger partial charge in [-0.2, -0.15) is 0 Å². The van der Waals surface area contributed by atoms with Crippen LogP contribution in [-0.2, 0) is 11.3 Å². The molecule has 0 aromatic carbocycles. The van der Waals surface area contributed by atoms with Crippen LogP contribution in [0.3, 0.4) is 0 Å². The minimum Gasteiger partial charge on any atom is -0.377 e. The lowest BCUT2D eigenvalue weighted by Crippen LogP contribution is -2.30. The van der Waals surface area contributed by atoms with E-state index in [0.29, 0.717) is 24.3 Å². The van der Waals surface area contributed by atoms with Gasteiger partial charge in [0.2, 0.25) is 0 Å². The zero-order valence-corrected chi connectivity index (χ0v) is 11.0. The van der Waals surface area contributed by atoms with Crippen molar-refractivity contribution in [3.8, 4) is 0 Å². The van der Waals surface area contributed by atoms with Crippen LogP contribution >= 0.6 is 0 Å². The van der Waals surface area contributed by atoms with Gasteiger partial charge in [0.15, 0.2) is 5.82 Å². The van der Waals surface area contributed by atoms with E-state index < -0.39 is 0 Å². The normalized spacial score (nSPS) is 15.9. The van der Waals surface area contributed by atoms with Gasteiger partial charge in [-0.25, -0.2) is 15.8 Å². The van der Waals surface area contributed by atoms with Crippen LogP contribution in [-0.4, -0.2) is 30.2 Å². The van der Waals surface area contributed by atoms with Crippen molar-refractivity contribution < 1.29 is 4.74 Å². The molecule has 0 unspecified atom stereocenters. The Morgan fingerprint density at radius 2 is 2.17 bits per heavy atom. The molecule has 6 heteroatoms. The first-order valence-electron chi connectivity index (χ1n) is 6.31. The number of rotatable bonds is 5. The summed E-state index contributed by atoms with van der Waals surface area (Å²) in [5, 5.41) is 0. The van der Waals surface area contributed by atoms with Gasteiger partial charge in [0.1, 0.15) is 18.2 Å². The second kappa shape index (κ2) is 5.97. The Hall–Kier alpha value is -1.40. The van der Waals surface area contributed by atoms with E-state index in [1.54, 1.807) is 7.11 Å². The molecule has 1 aliphatic rings. The summed E-state index contributed by atoms with van der Waals surface area (Å²) in [5.41, 5.74) is 2.58. The van der Waals surface area contributed by atoms with E-state index in [0.717, 1.165) is 5.82 Å². The highest BCUT2D eigenvalue weighted by Crippen LogP contribution is 2.26. The number of nitrogens with zero attached hydrogens (tertiary/aromatic N) is 3. The molecule has 1 aliphatic carbocycles. The van der Waals surface area contributed by atoms with Gasteiger partial charge in [0.25, 0.3) is 0 Å². The maximum atomic E-state index is 5.44. The van der Waals surface area contributed by atoms with Gasteiger partial charge in [-0.15, -0.1) is 0 Å². The first-order chi connectivity index (χ1) is 8.74. The molecular formula is C12H21N5O. The molecule has 3 N–H and O–H groups in total. The standard InChI is InChI=1S/C12H21N5O/c1-17(9-5-3-4-6-9)12-7-10(16-13)14-11(15-12)8-18-2/h7,9H,3-6,8,13H2,1-2H3,(H,14,15,16). The van der Waals surface area contributed by atoms with E-state index in [-0.39, 0.29) is 0 Å². The number of anilines is 2. The maximum Gasteiger partial charge on any atom is 0.158 e. The molecule has 0 saturated heterocycles. The number of nitrogens with one attached hydrogen (secondary N) is 1. The van der Waals surface area contributed by atoms with Crippen LogP contribution in [0.4, 0.5) is 11.6 Å². The van der Waals surface area contributed by atoms with E-state index in [1.165, 1.54) is 25.7 Å². The Balaban J connectivity index is 2.21. The van der Waals surface area contributed by atoms with Crippen LogP contribution in [0.15, 0.2) is 6.07 Å². The van der Waals surface area contributed by atoms with Gasteiger partial charge in [0.05, 0.1) is 0 Å². The van der Waals surface area contributed by atoms with E-state index in [4.69, 9.17) is 10.6 Å². The third-order valence-corrected chi connectivity index (χ3v) is 3.41. The highest BCUT2D eigenvalue weighted by Gasteiger charge is 2.21. The van der Waals surface area contributed by atoms with Crippen molar-refractivity contribution in [3.63, 3.8) is 0 Å². The number of hydrazine groups is 1. The van der Waals surface area contributed by atoms with Crippen LogP contribution in [0, 0.1) is 0 Å². The van der Waals surface area contributed by atoms with Crippen LogP contribution in [0.25, 0.3) is 0 Å². The van der Waals surface area contributed by atoms with Gasteiger partial charge >= 0.3 is 0 Å². The summed E-state index contributed by atoms with van der Waals surface area (Å²) in [6.07, 6.45) is 5.05. The fraction of sp³-hybridized carbons (Fsp3) is 0.667. The summed E-state index contributed by atoms with van der Waals surface area (Å²) in [6, 6.07) is 2.44. The Labute approximate surface area is 108 Å². The molecule has 0 atom stereocenters. The Bertz CT molecular complexity index is 392. The number of nitrogen functional groups attached to an aromatic ring is 1. The van der Waals surface area contributed by atoms with Crippen molar-refractivity contribution >= 4 is 11.6 Å². The first-order valence-corrected chi connectivity index (χ1v) is 6.31. The third-order valence-electron chi connectivity index (χ3n) is 3.41. The molecule has 18 heavy (non-hydrogen) atoms. The summed E-state index contributed by atoms with van der Waals surface area (Å²) in [4.78, 5) is 11.0. The van der Waals surface area contributed by atoms with Crippen molar-refractivity contribution in [1.29, 1.82) is 0 Å². The molecule has 1 saturated carbocycles. The summed E-state index contributed by atoms with van der Waals surface area (Å²) >= 11 is 0. The van der Waals surface area contributed by atoms with Gasteiger partial charge in [-0.3, -0.25) is 0 Å². The Morgan fingerprint density at radius 3 is 2.78 bits per heavy atom. The highest BCUT2D eigenvalue weighted by molar-refractivity contribution is 5.49. The smallest absolute Gasteiger partial charge is 0.158 e. The van der Waals surface area contributed by atoms with E-state index in [2.05, 4.69) is 27.3 Å². The zero-order chi connectivity index (χ0) is 13.0. The molecule has 0 amide bonds. The van der Waals surface area contributed by atoms with Crippen molar-refractivity contribution in [2.45, 2.75) is 38.3 Å². The second-order valence-corrected chi connectivity index (χ2v) is 4.65. The molecule has 1 aromatic rings. The average Bonchev–Trinajstić information content (AvgIpc) is 2.91. The topological polar surface area (TPSA) is 76.3 Å². The predicted octanol–water partition coefficient (Wildman–Crippen LogP) is 1.29. The lowest BCUT2D eigenvalue weighted by atomic mass is 10.2. The van der Waals surface area contributed by atoms with Gasteiger partial charge in [-0.1, -0.05) is 12.8 Å². The molecule has 2 rings (SSSR count). The van der Waals surface area contributed by atoms with Crippen LogP contribution < -0.4 is 16.2 Å². The van der Waals surface area contributed by atoms with Crippen LogP contribution in [0.5, 0.6) is 0 Å². The predicted molar refractivity (Wildman–Crippen MR) is 71.2 cm³/mol. The van der Waals surface area contributed by atoms with Crippen molar-refractivity contribution in [2.24, 2.45) is 5.84 Å². The monoisotopic (exact) mass is 251 g/mol. The van der Waals surface area contributed by atoms with Crippen LogP contribution in [0.1, 0.15) is 31.5 Å². The molecule has 0 aliphatic heterocycles. The van der Waals surface area contributed by atoms with Crippen molar-refractivity contribution in [2.75, 3.05) is 24.5 Å². The lowest BCUT2D eigenvalue weighted by molar-refractivity contribution is 0.178. The molecule has 1 heterocycles.